The van der Waals surface area contributed by atoms with E-state index in [0.717, 1.165) is 15.6 Å². The van der Waals surface area contributed by atoms with Crippen molar-refractivity contribution in [2.45, 2.75) is 13.5 Å². The topological polar surface area (TPSA) is 58.6 Å². The van der Waals surface area contributed by atoms with Gasteiger partial charge in [-0.05, 0) is 30.2 Å². The molecule has 0 unspecified atom stereocenters. The van der Waals surface area contributed by atoms with Gasteiger partial charge in [0.25, 0.3) is 0 Å². The lowest BCUT2D eigenvalue weighted by Crippen LogP contribution is -2.14. The molecule has 0 heterocycles. The molecule has 1 amide bonds. The number of carbonyl (C=O) groups is 1. The monoisotopic (exact) mass is 335 g/mol. The third kappa shape index (κ3) is 3.51. The quantitative estimate of drug-likeness (QED) is 0.826. The molecule has 0 saturated carbocycles. The number of amides is 1. The third-order valence-electron chi connectivity index (χ3n) is 2.82. The number of rotatable bonds is 3. The SMILES string of the molecule is Cc1c(Br)ccc(O)c1NC(=O)OCc1ccccc1. The maximum Gasteiger partial charge on any atom is 0.412 e. The minimum absolute atomic E-state index is 0.00219. The number of hydrogen-bond donors (Lipinski definition) is 2. The molecule has 0 radical (unpaired) electrons. The number of phenols is 1. The minimum atomic E-state index is -0.606. The van der Waals surface area contributed by atoms with Crippen molar-refractivity contribution < 1.29 is 14.6 Å². The summed E-state index contributed by atoms with van der Waals surface area (Å²) in [6.07, 6.45) is -0.606. The predicted octanol–water partition coefficient (Wildman–Crippen LogP) is 4.21. The molecule has 4 nitrogen and oxygen atoms in total. The molecule has 2 aromatic rings. The van der Waals surface area contributed by atoms with Gasteiger partial charge in [0.05, 0.1) is 5.69 Å². The van der Waals surface area contributed by atoms with Crippen LogP contribution in [0.1, 0.15) is 11.1 Å². The first kappa shape index (κ1) is 14.4. The van der Waals surface area contributed by atoms with Gasteiger partial charge in [0.15, 0.2) is 0 Å². The number of halogens is 1. The molecule has 0 aromatic heterocycles. The highest BCUT2D eigenvalue weighted by molar-refractivity contribution is 9.10. The van der Waals surface area contributed by atoms with E-state index in [9.17, 15) is 9.90 Å². The predicted molar refractivity (Wildman–Crippen MR) is 80.8 cm³/mol. The fourth-order valence-corrected chi connectivity index (χ4v) is 2.02. The lowest BCUT2D eigenvalue weighted by Gasteiger charge is -2.12. The fourth-order valence-electron chi connectivity index (χ4n) is 1.69. The Hall–Kier alpha value is -2.01. The lowest BCUT2D eigenvalue weighted by molar-refractivity contribution is 0.155. The van der Waals surface area contributed by atoms with Gasteiger partial charge in [-0.3, -0.25) is 5.32 Å². The Labute approximate surface area is 125 Å². The maximum atomic E-state index is 11.7. The molecule has 0 fully saturated rings. The van der Waals surface area contributed by atoms with E-state index in [2.05, 4.69) is 21.2 Å². The number of benzene rings is 2. The largest absolute Gasteiger partial charge is 0.506 e. The number of aromatic hydroxyl groups is 1. The smallest absolute Gasteiger partial charge is 0.412 e. The molecule has 0 aliphatic rings. The van der Waals surface area contributed by atoms with E-state index in [1.54, 1.807) is 13.0 Å². The van der Waals surface area contributed by atoms with Gasteiger partial charge in [0.1, 0.15) is 12.4 Å². The second-order valence-electron chi connectivity index (χ2n) is 4.25. The number of hydrogen-bond acceptors (Lipinski definition) is 3. The molecule has 0 aliphatic carbocycles. The van der Waals surface area contributed by atoms with Crippen molar-refractivity contribution in [1.29, 1.82) is 0 Å². The van der Waals surface area contributed by atoms with Crippen LogP contribution in [0.3, 0.4) is 0 Å². The second-order valence-corrected chi connectivity index (χ2v) is 5.11. The van der Waals surface area contributed by atoms with E-state index < -0.39 is 6.09 Å². The summed E-state index contributed by atoms with van der Waals surface area (Å²) >= 11 is 3.34. The zero-order chi connectivity index (χ0) is 14.5. The highest BCUT2D eigenvalue weighted by Crippen LogP contribution is 2.32. The molecule has 104 valence electrons. The lowest BCUT2D eigenvalue weighted by atomic mass is 10.2. The van der Waals surface area contributed by atoms with Gasteiger partial charge in [-0.15, -0.1) is 0 Å². The molecule has 0 atom stereocenters. The molecule has 2 aromatic carbocycles. The van der Waals surface area contributed by atoms with Crippen molar-refractivity contribution >= 4 is 27.7 Å². The zero-order valence-electron chi connectivity index (χ0n) is 10.9. The van der Waals surface area contributed by atoms with E-state index in [1.807, 2.05) is 30.3 Å². The summed E-state index contributed by atoms with van der Waals surface area (Å²) in [5.41, 5.74) is 1.98. The Morgan fingerprint density at radius 1 is 1.25 bits per heavy atom. The van der Waals surface area contributed by atoms with Crippen LogP contribution in [-0.2, 0) is 11.3 Å². The van der Waals surface area contributed by atoms with Crippen molar-refractivity contribution in [2.24, 2.45) is 0 Å². The Morgan fingerprint density at radius 2 is 1.95 bits per heavy atom. The summed E-state index contributed by atoms with van der Waals surface area (Å²) < 4.78 is 5.91. The fraction of sp³-hybridized carbons (Fsp3) is 0.133. The molecule has 0 spiro atoms. The average Bonchev–Trinajstić information content (AvgIpc) is 2.46. The standard InChI is InChI=1S/C15H14BrNO3/c1-10-12(16)7-8-13(18)14(10)17-15(19)20-9-11-5-3-2-4-6-11/h2-8,18H,9H2,1H3,(H,17,19). The molecule has 2 N–H and O–H groups in total. The Balaban J connectivity index is 2.00. The summed E-state index contributed by atoms with van der Waals surface area (Å²) in [7, 11) is 0. The van der Waals surface area contributed by atoms with Gasteiger partial charge in [-0.2, -0.15) is 0 Å². The van der Waals surface area contributed by atoms with Crippen molar-refractivity contribution in [1.82, 2.24) is 0 Å². The van der Waals surface area contributed by atoms with Crippen molar-refractivity contribution in [3.05, 3.63) is 58.1 Å². The van der Waals surface area contributed by atoms with E-state index >= 15 is 0 Å². The van der Waals surface area contributed by atoms with Gasteiger partial charge < -0.3 is 9.84 Å². The van der Waals surface area contributed by atoms with Gasteiger partial charge >= 0.3 is 6.09 Å². The zero-order valence-corrected chi connectivity index (χ0v) is 12.5. The Kier molecular flexibility index (Phi) is 4.63. The molecule has 0 saturated heterocycles. The molecule has 2 rings (SSSR count). The average molecular weight is 336 g/mol. The van der Waals surface area contributed by atoms with Crippen molar-refractivity contribution in [3.8, 4) is 5.75 Å². The Bertz CT molecular complexity index is 614. The van der Waals surface area contributed by atoms with Crippen LogP contribution in [0.4, 0.5) is 10.5 Å². The number of anilines is 1. The van der Waals surface area contributed by atoms with Crippen LogP contribution in [0.2, 0.25) is 0 Å². The molecule has 5 heteroatoms. The number of ether oxygens (including phenoxy) is 1. The summed E-state index contributed by atoms with van der Waals surface area (Å²) in [6.45, 7) is 1.97. The van der Waals surface area contributed by atoms with Crippen LogP contribution in [0.25, 0.3) is 0 Å². The third-order valence-corrected chi connectivity index (χ3v) is 3.68. The van der Waals surface area contributed by atoms with Crippen LogP contribution >= 0.6 is 15.9 Å². The van der Waals surface area contributed by atoms with Gasteiger partial charge in [0, 0.05) is 4.47 Å². The highest BCUT2D eigenvalue weighted by atomic mass is 79.9. The van der Waals surface area contributed by atoms with E-state index in [1.165, 1.54) is 6.07 Å². The van der Waals surface area contributed by atoms with Crippen LogP contribution < -0.4 is 5.32 Å². The van der Waals surface area contributed by atoms with Gasteiger partial charge in [0.2, 0.25) is 0 Å². The number of nitrogens with one attached hydrogen (secondary N) is 1. The van der Waals surface area contributed by atoms with Gasteiger partial charge in [-0.25, -0.2) is 4.79 Å². The van der Waals surface area contributed by atoms with Crippen LogP contribution in [0.15, 0.2) is 46.9 Å². The molecule has 20 heavy (non-hydrogen) atoms. The van der Waals surface area contributed by atoms with Crippen LogP contribution in [0, 0.1) is 6.92 Å². The Morgan fingerprint density at radius 3 is 2.65 bits per heavy atom. The minimum Gasteiger partial charge on any atom is -0.506 e. The molecular weight excluding hydrogens is 322 g/mol. The van der Waals surface area contributed by atoms with E-state index in [4.69, 9.17) is 4.74 Å². The summed E-state index contributed by atoms with van der Waals surface area (Å²) in [4.78, 5) is 11.7. The maximum absolute atomic E-state index is 11.7. The number of phenolic OH excluding ortho intramolecular Hbond substituents is 1. The summed E-state index contributed by atoms with van der Waals surface area (Å²) in [5.74, 6) is 0.00219. The first-order chi connectivity index (χ1) is 9.58. The van der Waals surface area contributed by atoms with Crippen LogP contribution in [-0.4, -0.2) is 11.2 Å². The first-order valence-electron chi connectivity index (χ1n) is 6.03. The van der Waals surface area contributed by atoms with E-state index in [0.29, 0.717) is 5.69 Å². The van der Waals surface area contributed by atoms with Crippen molar-refractivity contribution in [3.63, 3.8) is 0 Å². The summed E-state index contributed by atoms with van der Waals surface area (Å²) in [6, 6.07) is 12.6. The first-order valence-corrected chi connectivity index (χ1v) is 6.83. The summed E-state index contributed by atoms with van der Waals surface area (Å²) in [5, 5.41) is 12.3. The second kappa shape index (κ2) is 6.43. The van der Waals surface area contributed by atoms with E-state index in [-0.39, 0.29) is 12.4 Å². The number of carbonyl (C=O) groups excluding carboxylic acids is 1. The molecule has 0 bridgehead atoms. The highest BCUT2D eigenvalue weighted by Gasteiger charge is 2.12. The van der Waals surface area contributed by atoms with Crippen LogP contribution in [0.5, 0.6) is 5.75 Å². The molecular formula is C15H14BrNO3. The van der Waals surface area contributed by atoms with Gasteiger partial charge in [-0.1, -0.05) is 46.3 Å². The molecule has 0 aliphatic heterocycles. The van der Waals surface area contributed by atoms with Crippen molar-refractivity contribution in [2.75, 3.05) is 5.32 Å². The normalized spacial score (nSPS) is 10.1.